The van der Waals surface area contributed by atoms with E-state index in [4.69, 9.17) is 22.1 Å². The second kappa shape index (κ2) is 5.39. The Hall–Kier alpha value is -0.960. The first-order valence-corrected chi connectivity index (χ1v) is 5.07. The minimum absolute atomic E-state index is 0.0446. The van der Waals surface area contributed by atoms with E-state index in [1.165, 1.54) is 0 Å². The molecule has 92 valence electrons. The van der Waals surface area contributed by atoms with Crippen molar-refractivity contribution in [3.63, 3.8) is 0 Å². The quantitative estimate of drug-likeness (QED) is 0.347. The summed E-state index contributed by atoms with van der Waals surface area (Å²) in [4.78, 5) is 10.6. The zero-order valence-electron chi connectivity index (χ0n) is 8.58. The summed E-state index contributed by atoms with van der Waals surface area (Å²) in [7, 11) is 1.60. The third kappa shape index (κ3) is 2.79. The van der Waals surface area contributed by atoms with E-state index in [2.05, 4.69) is 10.6 Å². The molecule has 0 aromatic carbocycles. The fourth-order valence-electron chi connectivity index (χ4n) is 1.41. The molecular weight excluding hydrogens is 236 g/mol. The Labute approximate surface area is 97.4 Å². The second-order valence-electron chi connectivity index (χ2n) is 3.40. The molecule has 0 aliphatic carbocycles. The van der Waals surface area contributed by atoms with Crippen molar-refractivity contribution in [1.82, 2.24) is 10.6 Å². The van der Waals surface area contributed by atoms with Crippen LogP contribution in [-0.4, -0.2) is 64.4 Å². The van der Waals surface area contributed by atoms with Crippen molar-refractivity contribution in [2.24, 2.45) is 0 Å². The zero-order chi connectivity index (χ0) is 12.3. The standard InChI is InChI=1S/C8H14N2O5S/c1-9-8(16)10-3-2-15-6(7(13)14)5(12)4(3)11/h3-6,11-12H,2H2,1H3,(H,13,14)(H2,9,10,16). The van der Waals surface area contributed by atoms with E-state index in [0.29, 0.717) is 0 Å². The molecule has 0 aromatic rings. The summed E-state index contributed by atoms with van der Waals surface area (Å²) in [6.07, 6.45) is -4.14. The fraction of sp³-hybridized carbons (Fsp3) is 0.750. The largest absolute Gasteiger partial charge is 0.479 e. The van der Waals surface area contributed by atoms with Gasteiger partial charge in [-0.25, -0.2) is 4.79 Å². The van der Waals surface area contributed by atoms with Crippen molar-refractivity contribution in [2.75, 3.05) is 13.7 Å². The lowest BCUT2D eigenvalue weighted by Gasteiger charge is -2.36. The van der Waals surface area contributed by atoms with Crippen LogP contribution in [0.5, 0.6) is 0 Å². The maximum absolute atomic E-state index is 10.6. The molecule has 1 aliphatic rings. The maximum Gasteiger partial charge on any atom is 0.335 e. The third-order valence-corrected chi connectivity index (χ3v) is 2.64. The summed E-state index contributed by atoms with van der Waals surface area (Å²) in [6.45, 7) is -0.0446. The Balaban J connectivity index is 2.61. The molecule has 0 amide bonds. The highest BCUT2D eigenvalue weighted by Gasteiger charge is 2.42. The van der Waals surface area contributed by atoms with Crippen LogP contribution in [0.4, 0.5) is 0 Å². The summed E-state index contributed by atoms with van der Waals surface area (Å²) >= 11 is 4.82. The molecule has 4 unspecified atom stereocenters. The Kier molecular flexibility index (Phi) is 4.42. The van der Waals surface area contributed by atoms with Crippen molar-refractivity contribution in [3.8, 4) is 0 Å². The predicted octanol–water partition coefficient (Wildman–Crippen LogP) is -2.35. The van der Waals surface area contributed by atoms with Crippen LogP contribution in [0.1, 0.15) is 0 Å². The van der Waals surface area contributed by atoms with Gasteiger partial charge in [0.2, 0.25) is 0 Å². The summed E-state index contributed by atoms with van der Waals surface area (Å²) in [5.41, 5.74) is 0. The van der Waals surface area contributed by atoms with Gasteiger partial charge in [0.1, 0.15) is 12.2 Å². The van der Waals surface area contributed by atoms with Gasteiger partial charge in [-0.3, -0.25) is 0 Å². The number of nitrogens with one attached hydrogen (secondary N) is 2. The van der Waals surface area contributed by atoms with Gasteiger partial charge in [0.15, 0.2) is 11.2 Å². The van der Waals surface area contributed by atoms with Crippen LogP contribution in [0.2, 0.25) is 0 Å². The van der Waals surface area contributed by atoms with Gasteiger partial charge in [-0.05, 0) is 12.2 Å². The van der Waals surface area contributed by atoms with Gasteiger partial charge in [-0.2, -0.15) is 0 Å². The number of rotatable bonds is 2. The molecule has 7 nitrogen and oxygen atoms in total. The monoisotopic (exact) mass is 250 g/mol. The van der Waals surface area contributed by atoms with Gasteiger partial charge < -0.3 is 30.7 Å². The normalized spacial score (nSPS) is 34.2. The first-order valence-electron chi connectivity index (χ1n) is 4.66. The number of carboxylic acids is 1. The third-order valence-electron chi connectivity index (χ3n) is 2.31. The number of thiocarbonyl (C=S) groups is 1. The van der Waals surface area contributed by atoms with Gasteiger partial charge >= 0.3 is 5.97 Å². The number of carbonyl (C=O) groups is 1. The molecule has 0 spiro atoms. The maximum atomic E-state index is 10.6. The molecule has 0 bridgehead atoms. The Bertz CT molecular complexity index is 288. The molecule has 1 saturated heterocycles. The van der Waals surface area contributed by atoms with E-state index >= 15 is 0 Å². The van der Waals surface area contributed by atoms with Crippen molar-refractivity contribution < 1.29 is 24.9 Å². The molecule has 1 aliphatic heterocycles. The average Bonchev–Trinajstić information content (AvgIpc) is 2.24. The molecular formula is C8H14N2O5S. The van der Waals surface area contributed by atoms with Crippen molar-refractivity contribution in [1.29, 1.82) is 0 Å². The van der Waals surface area contributed by atoms with Gasteiger partial charge in [-0.15, -0.1) is 0 Å². The van der Waals surface area contributed by atoms with Crippen LogP contribution >= 0.6 is 12.2 Å². The number of aliphatic hydroxyl groups is 2. The molecule has 0 aromatic heterocycles. The van der Waals surface area contributed by atoms with Gasteiger partial charge in [0.25, 0.3) is 0 Å². The summed E-state index contributed by atoms with van der Waals surface area (Å²) in [5.74, 6) is -1.30. The van der Waals surface area contributed by atoms with Crippen LogP contribution < -0.4 is 10.6 Å². The molecule has 16 heavy (non-hydrogen) atoms. The smallest absolute Gasteiger partial charge is 0.335 e. The molecule has 5 N–H and O–H groups in total. The van der Waals surface area contributed by atoms with Crippen molar-refractivity contribution in [2.45, 2.75) is 24.4 Å². The van der Waals surface area contributed by atoms with E-state index in [1.54, 1.807) is 7.05 Å². The molecule has 1 heterocycles. The second-order valence-corrected chi connectivity index (χ2v) is 3.81. The highest BCUT2D eigenvalue weighted by molar-refractivity contribution is 7.80. The molecule has 0 saturated carbocycles. The lowest BCUT2D eigenvalue weighted by atomic mass is 9.98. The van der Waals surface area contributed by atoms with Crippen LogP contribution in [0.15, 0.2) is 0 Å². The molecule has 0 radical (unpaired) electrons. The lowest BCUT2D eigenvalue weighted by Crippen LogP contribution is -2.61. The highest BCUT2D eigenvalue weighted by Crippen LogP contribution is 2.15. The molecule has 1 rings (SSSR count). The van der Waals surface area contributed by atoms with Crippen LogP contribution in [0.3, 0.4) is 0 Å². The van der Waals surface area contributed by atoms with E-state index < -0.39 is 30.3 Å². The number of ether oxygens (including phenoxy) is 1. The Morgan fingerprint density at radius 3 is 2.56 bits per heavy atom. The summed E-state index contributed by atoms with van der Waals surface area (Å²) in [6, 6.07) is -0.634. The number of aliphatic hydroxyl groups excluding tert-OH is 2. The van der Waals surface area contributed by atoms with Crippen molar-refractivity contribution in [3.05, 3.63) is 0 Å². The SMILES string of the molecule is CNC(=S)NC1COC(C(=O)O)C(O)C1O. The van der Waals surface area contributed by atoms with E-state index in [9.17, 15) is 15.0 Å². The number of aliphatic carboxylic acids is 1. The molecule has 1 fully saturated rings. The molecule has 4 atom stereocenters. The van der Waals surface area contributed by atoms with Crippen LogP contribution in [0.25, 0.3) is 0 Å². The van der Waals surface area contributed by atoms with Gasteiger partial charge in [-0.1, -0.05) is 0 Å². The molecule has 8 heteroatoms. The minimum Gasteiger partial charge on any atom is -0.479 e. The Morgan fingerprint density at radius 2 is 2.06 bits per heavy atom. The minimum atomic E-state index is -1.48. The first kappa shape index (κ1) is 13.1. The van der Waals surface area contributed by atoms with E-state index in [-0.39, 0.29) is 11.7 Å². The zero-order valence-corrected chi connectivity index (χ0v) is 9.40. The number of hydrogen-bond donors (Lipinski definition) is 5. The number of carboxylic acid groups (broad SMARTS) is 1. The highest BCUT2D eigenvalue weighted by atomic mass is 32.1. The summed E-state index contributed by atoms with van der Waals surface area (Å²) in [5, 5.41) is 33.5. The van der Waals surface area contributed by atoms with Crippen molar-refractivity contribution >= 4 is 23.3 Å². The lowest BCUT2D eigenvalue weighted by molar-refractivity contribution is -0.182. The van der Waals surface area contributed by atoms with Crippen LogP contribution in [-0.2, 0) is 9.53 Å². The fourth-order valence-corrected chi connectivity index (χ4v) is 1.56. The average molecular weight is 250 g/mol. The predicted molar refractivity (Wildman–Crippen MR) is 58.0 cm³/mol. The number of hydrogen-bond acceptors (Lipinski definition) is 5. The summed E-state index contributed by atoms with van der Waals surface area (Å²) < 4.78 is 4.92. The van der Waals surface area contributed by atoms with Gasteiger partial charge in [0.05, 0.1) is 12.6 Å². The van der Waals surface area contributed by atoms with Crippen LogP contribution in [0, 0.1) is 0 Å². The Morgan fingerprint density at radius 1 is 1.44 bits per heavy atom. The van der Waals surface area contributed by atoms with E-state index in [1.807, 2.05) is 0 Å². The first-order chi connectivity index (χ1) is 7.47. The topological polar surface area (TPSA) is 111 Å². The van der Waals surface area contributed by atoms with E-state index in [0.717, 1.165) is 0 Å². The van der Waals surface area contributed by atoms with Gasteiger partial charge in [0, 0.05) is 7.05 Å².